The second kappa shape index (κ2) is 4.21. The van der Waals surface area contributed by atoms with E-state index < -0.39 is 20.4 Å². The molecule has 0 unspecified atom stereocenters. The third-order valence-corrected chi connectivity index (χ3v) is 10.6. The smallest absolute Gasteiger partial charge is 0.0236 e. The van der Waals surface area contributed by atoms with Crippen LogP contribution in [0.3, 0.4) is 0 Å². The summed E-state index contributed by atoms with van der Waals surface area (Å²) in [4.78, 5) is 0. The molecular weight excluding hydrogens is 222 g/mol. The summed E-state index contributed by atoms with van der Waals surface area (Å²) < 4.78 is 2.78. The highest BCUT2D eigenvalue weighted by Gasteiger charge is 2.37. The van der Waals surface area contributed by atoms with Gasteiger partial charge in [-0.25, -0.2) is 3.71 Å². The maximum atomic E-state index is 5.76. The summed E-state index contributed by atoms with van der Waals surface area (Å²) >= 11 is 5.76. The van der Waals surface area contributed by atoms with E-state index in [-0.39, 0.29) is 0 Å². The summed E-state index contributed by atoms with van der Waals surface area (Å²) in [5.41, 5.74) is 0. The lowest BCUT2D eigenvalue weighted by molar-refractivity contribution is 0.696. The van der Waals surface area contributed by atoms with E-state index in [1.807, 2.05) is 0 Å². The number of alkyl halides is 1. The van der Waals surface area contributed by atoms with Crippen molar-refractivity contribution in [3.8, 4) is 0 Å². The van der Waals surface area contributed by atoms with Crippen LogP contribution in [0.1, 0.15) is 6.42 Å². The van der Waals surface area contributed by atoms with Crippen LogP contribution in [0, 0.1) is 0 Å². The van der Waals surface area contributed by atoms with Crippen molar-refractivity contribution in [1.29, 1.82) is 0 Å². The van der Waals surface area contributed by atoms with Crippen molar-refractivity contribution in [2.75, 3.05) is 49.0 Å². The van der Waals surface area contributed by atoms with Crippen LogP contribution in [0.4, 0.5) is 0 Å². The molecule has 0 atom stereocenters. The molecular formula is C9H22ClNS2. The standard InChI is InChI=1S/C9H22ClNS2/c1-12(2)8-9-13(3,4)11(12)7-5-6-10/h5-9H2,1-4H3. The molecule has 4 heteroatoms. The van der Waals surface area contributed by atoms with E-state index in [2.05, 4.69) is 28.7 Å². The molecule has 1 nitrogen and oxygen atoms in total. The molecule has 1 aliphatic rings. The normalized spacial score (nSPS) is 31.5. The Kier molecular flexibility index (Phi) is 3.90. The van der Waals surface area contributed by atoms with Crippen LogP contribution in [0.5, 0.6) is 0 Å². The van der Waals surface area contributed by atoms with Crippen LogP contribution in [-0.4, -0.2) is 52.7 Å². The van der Waals surface area contributed by atoms with Crippen molar-refractivity contribution in [3.05, 3.63) is 0 Å². The van der Waals surface area contributed by atoms with Gasteiger partial charge in [-0.15, -0.1) is 11.6 Å². The van der Waals surface area contributed by atoms with Gasteiger partial charge in [0.15, 0.2) is 0 Å². The first-order valence-corrected chi connectivity index (χ1v) is 10.3. The van der Waals surface area contributed by atoms with Gasteiger partial charge in [0.25, 0.3) is 0 Å². The van der Waals surface area contributed by atoms with Gasteiger partial charge in [0.1, 0.15) is 0 Å². The molecule has 82 valence electrons. The van der Waals surface area contributed by atoms with Crippen molar-refractivity contribution >= 4 is 32.0 Å². The molecule has 0 bridgehead atoms. The summed E-state index contributed by atoms with van der Waals surface area (Å²) in [5.74, 6) is 3.66. The minimum Gasteiger partial charge on any atom is -0.232 e. The van der Waals surface area contributed by atoms with Crippen LogP contribution in [0.2, 0.25) is 0 Å². The molecule has 13 heavy (non-hydrogen) atoms. The quantitative estimate of drug-likeness (QED) is 0.689. The Morgan fingerprint density at radius 2 is 1.54 bits per heavy atom. The van der Waals surface area contributed by atoms with Gasteiger partial charge in [-0.3, -0.25) is 0 Å². The predicted molar refractivity (Wildman–Crippen MR) is 70.7 cm³/mol. The summed E-state index contributed by atoms with van der Waals surface area (Å²) in [5, 5.41) is 0. The minimum absolute atomic E-state index is 0.455. The van der Waals surface area contributed by atoms with Gasteiger partial charge in [0, 0.05) is 12.4 Å². The van der Waals surface area contributed by atoms with Gasteiger partial charge in [-0.05, 0) is 42.9 Å². The Hall–Kier alpha value is 0.950. The fourth-order valence-electron chi connectivity index (χ4n) is 1.84. The zero-order valence-electron chi connectivity index (χ0n) is 9.18. The van der Waals surface area contributed by atoms with Crippen LogP contribution >= 0.6 is 32.0 Å². The van der Waals surface area contributed by atoms with E-state index >= 15 is 0 Å². The minimum atomic E-state index is -0.455. The van der Waals surface area contributed by atoms with E-state index in [1.165, 1.54) is 18.1 Å². The van der Waals surface area contributed by atoms with E-state index in [1.54, 1.807) is 0 Å². The van der Waals surface area contributed by atoms with Gasteiger partial charge in [0.2, 0.25) is 0 Å². The first-order chi connectivity index (χ1) is 5.90. The van der Waals surface area contributed by atoms with Crippen LogP contribution in [0.15, 0.2) is 0 Å². The van der Waals surface area contributed by atoms with Gasteiger partial charge in [0.05, 0.1) is 0 Å². The molecule has 0 aliphatic carbocycles. The van der Waals surface area contributed by atoms with Crippen molar-refractivity contribution in [3.63, 3.8) is 0 Å². The topological polar surface area (TPSA) is 3.24 Å². The van der Waals surface area contributed by atoms with Crippen molar-refractivity contribution < 1.29 is 0 Å². The maximum absolute atomic E-state index is 5.76. The number of rotatable bonds is 3. The molecule has 0 saturated carbocycles. The molecule has 0 aromatic rings. The Morgan fingerprint density at radius 1 is 1.08 bits per heavy atom. The summed E-state index contributed by atoms with van der Waals surface area (Å²) in [7, 11) is -0.910. The molecule has 0 radical (unpaired) electrons. The molecule has 1 saturated heterocycles. The van der Waals surface area contributed by atoms with E-state index in [9.17, 15) is 0 Å². The Bertz CT molecular complexity index is 166. The SMILES string of the molecule is CS1(C)CCS(C)(C)N1CCCCl. The average Bonchev–Trinajstić information content (AvgIpc) is 2.20. The fourth-order valence-corrected chi connectivity index (χ4v) is 11.7. The lowest BCUT2D eigenvalue weighted by Gasteiger charge is -2.46. The predicted octanol–water partition coefficient (Wildman–Crippen LogP) is 2.89. The van der Waals surface area contributed by atoms with E-state index in [0.29, 0.717) is 0 Å². The largest absolute Gasteiger partial charge is 0.232 e. The lowest BCUT2D eigenvalue weighted by atomic mass is 10.5. The monoisotopic (exact) mass is 243 g/mol. The highest BCUT2D eigenvalue weighted by atomic mass is 35.5. The Morgan fingerprint density at radius 3 is 1.92 bits per heavy atom. The number of hydrogen-bond donors (Lipinski definition) is 0. The molecule has 1 fully saturated rings. The lowest BCUT2D eigenvalue weighted by Crippen LogP contribution is -2.25. The molecule has 1 rings (SSSR count). The fraction of sp³-hybridized carbons (Fsp3) is 1.00. The highest BCUT2D eigenvalue weighted by Crippen LogP contribution is 2.67. The zero-order valence-corrected chi connectivity index (χ0v) is 11.6. The van der Waals surface area contributed by atoms with Crippen LogP contribution < -0.4 is 0 Å². The summed E-state index contributed by atoms with van der Waals surface area (Å²) in [6, 6.07) is 0. The molecule has 0 aromatic heterocycles. The van der Waals surface area contributed by atoms with Gasteiger partial charge >= 0.3 is 0 Å². The number of halogens is 1. The van der Waals surface area contributed by atoms with Crippen molar-refractivity contribution in [2.24, 2.45) is 0 Å². The van der Waals surface area contributed by atoms with Gasteiger partial charge < -0.3 is 0 Å². The zero-order chi connectivity index (χ0) is 10.1. The third-order valence-electron chi connectivity index (χ3n) is 2.66. The van der Waals surface area contributed by atoms with Crippen molar-refractivity contribution in [1.82, 2.24) is 3.71 Å². The first kappa shape index (κ1) is 12.0. The molecule has 0 aromatic carbocycles. The molecule has 0 amide bonds. The highest BCUT2D eigenvalue weighted by molar-refractivity contribution is 8.47. The first-order valence-electron chi connectivity index (χ1n) is 4.66. The van der Waals surface area contributed by atoms with Gasteiger partial charge in [-0.1, -0.05) is 0 Å². The average molecular weight is 244 g/mol. The van der Waals surface area contributed by atoms with E-state index in [4.69, 9.17) is 11.6 Å². The Labute approximate surface area is 91.1 Å². The molecule has 0 N–H and O–H groups in total. The van der Waals surface area contributed by atoms with Crippen molar-refractivity contribution in [2.45, 2.75) is 6.42 Å². The second-order valence-corrected chi connectivity index (χ2v) is 12.7. The second-order valence-electron chi connectivity index (χ2n) is 4.47. The van der Waals surface area contributed by atoms with Crippen LogP contribution in [-0.2, 0) is 0 Å². The molecule has 0 spiro atoms. The molecule has 1 heterocycles. The maximum Gasteiger partial charge on any atom is 0.0236 e. The summed E-state index contributed by atoms with van der Waals surface area (Å²) in [6.07, 6.45) is 10.9. The number of nitrogens with zero attached hydrogens (tertiary/aromatic N) is 1. The van der Waals surface area contributed by atoms with E-state index in [0.717, 1.165) is 12.3 Å². The van der Waals surface area contributed by atoms with Crippen LogP contribution in [0.25, 0.3) is 0 Å². The Balaban J connectivity index is 2.64. The van der Waals surface area contributed by atoms with Gasteiger partial charge in [-0.2, -0.15) is 20.4 Å². The third kappa shape index (κ3) is 2.71. The number of hydrogen-bond acceptors (Lipinski definition) is 1. The summed E-state index contributed by atoms with van der Waals surface area (Å²) in [6.45, 7) is 1.22. The molecule has 1 aliphatic heterocycles.